The van der Waals surface area contributed by atoms with Gasteiger partial charge in [0.05, 0.1) is 6.04 Å². The second kappa shape index (κ2) is 9.98. The Labute approximate surface area is 205 Å². The van der Waals surface area contributed by atoms with Crippen LogP contribution in [0.2, 0.25) is 0 Å². The molecule has 4 aromatic carbocycles. The van der Waals surface area contributed by atoms with Crippen molar-refractivity contribution in [2.24, 2.45) is 0 Å². The number of carbonyl (C=O) groups excluding carboxylic acids is 2. The van der Waals surface area contributed by atoms with Crippen molar-refractivity contribution in [3.63, 3.8) is 0 Å². The Morgan fingerprint density at radius 2 is 1.14 bits per heavy atom. The first-order valence-corrected chi connectivity index (χ1v) is 11.9. The Hall–Kier alpha value is -4.18. The molecule has 4 aromatic rings. The highest BCUT2D eigenvalue weighted by atomic mass is 16.6. The molecule has 4 nitrogen and oxygen atoms in total. The van der Waals surface area contributed by atoms with Crippen molar-refractivity contribution in [1.82, 2.24) is 4.90 Å². The van der Waals surface area contributed by atoms with Gasteiger partial charge in [0.1, 0.15) is 0 Å². The van der Waals surface area contributed by atoms with Crippen molar-refractivity contribution >= 4 is 12.0 Å². The number of cyclic esters (lactones) is 1. The molecule has 5 rings (SSSR count). The summed E-state index contributed by atoms with van der Waals surface area (Å²) in [4.78, 5) is 28.4. The molecule has 35 heavy (non-hydrogen) atoms. The lowest BCUT2D eigenvalue weighted by atomic mass is 9.77. The van der Waals surface area contributed by atoms with Crippen LogP contribution in [0.3, 0.4) is 0 Å². The van der Waals surface area contributed by atoms with E-state index in [4.69, 9.17) is 4.74 Å². The highest BCUT2D eigenvalue weighted by Gasteiger charge is 2.57. The molecule has 0 aliphatic carbocycles. The number of benzene rings is 4. The number of amides is 2. The topological polar surface area (TPSA) is 46.6 Å². The Balaban J connectivity index is 1.59. The molecule has 0 spiro atoms. The van der Waals surface area contributed by atoms with Crippen LogP contribution >= 0.6 is 0 Å². The highest BCUT2D eigenvalue weighted by Crippen LogP contribution is 2.46. The molecular formula is C31H27NO3. The van der Waals surface area contributed by atoms with Crippen LogP contribution in [0.25, 0.3) is 0 Å². The van der Waals surface area contributed by atoms with E-state index >= 15 is 0 Å². The van der Waals surface area contributed by atoms with E-state index in [1.165, 1.54) is 4.90 Å². The zero-order valence-electron chi connectivity index (χ0n) is 19.4. The predicted octanol–water partition coefficient (Wildman–Crippen LogP) is 6.15. The van der Waals surface area contributed by atoms with E-state index in [1.807, 2.05) is 121 Å². The van der Waals surface area contributed by atoms with Crippen molar-refractivity contribution in [2.45, 2.75) is 30.9 Å². The maximum Gasteiger partial charge on any atom is 0.418 e. The molecule has 1 atom stereocenters. The maximum absolute atomic E-state index is 13.6. The number of hydrogen-bond donors (Lipinski definition) is 0. The normalized spacial score (nSPS) is 16.6. The van der Waals surface area contributed by atoms with E-state index < -0.39 is 17.7 Å². The summed E-state index contributed by atoms with van der Waals surface area (Å²) in [6.45, 7) is 0. The highest BCUT2D eigenvalue weighted by molar-refractivity contribution is 5.95. The van der Waals surface area contributed by atoms with E-state index in [1.54, 1.807) is 0 Å². The number of aryl methyl sites for hydroxylation is 1. The number of rotatable bonds is 7. The summed E-state index contributed by atoms with van der Waals surface area (Å²) >= 11 is 0. The predicted molar refractivity (Wildman–Crippen MR) is 136 cm³/mol. The van der Waals surface area contributed by atoms with Crippen LogP contribution in [0.4, 0.5) is 4.79 Å². The fourth-order valence-electron chi connectivity index (χ4n) is 4.97. The molecule has 0 unspecified atom stereocenters. The van der Waals surface area contributed by atoms with Gasteiger partial charge < -0.3 is 4.74 Å². The second-order valence-corrected chi connectivity index (χ2v) is 8.79. The summed E-state index contributed by atoms with van der Waals surface area (Å²) in [5.74, 6) is -0.228. The van der Waals surface area contributed by atoms with Gasteiger partial charge in [0.25, 0.3) is 0 Å². The van der Waals surface area contributed by atoms with Crippen LogP contribution in [0.15, 0.2) is 121 Å². The molecule has 2 amide bonds. The van der Waals surface area contributed by atoms with Gasteiger partial charge in [-0.2, -0.15) is 0 Å². The van der Waals surface area contributed by atoms with Crippen molar-refractivity contribution < 1.29 is 14.3 Å². The van der Waals surface area contributed by atoms with E-state index in [0.29, 0.717) is 12.8 Å². The minimum Gasteiger partial charge on any atom is -0.430 e. The van der Waals surface area contributed by atoms with Crippen molar-refractivity contribution in [3.05, 3.63) is 144 Å². The summed E-state index contributed by atoms with van der Waals surface area (Å²) in [7, 11) is 0. The molecule has 0 saturated carbocycles. The first kappa shape index (κ1) is 22.6. The fraction of sp³-hybridized carbons (Fsp3) is 0.161. The number of hydrogen-bond acceptors (Lipinski definition) is 3. The number of carbonyl (C=O) groups is 2. The molecule has 0 aromatic heterocycles. The molecule has 0 N–H and O–H groups in total. The maximum atomic E-state index is 13.6. The average Bonchev–Trinajstić information content (AvgIpc) is 3.22. The molecular weight excluding hydrogens is 434 g/mol. The molecule has 1 saturated heterocycles. The molecule has 1 aliphatic heterocycles. The van der Waals surface area contributed by atoms with Crippen molar-refractivity contribution in [3.8, 4) is 0 Å². The van der Waals surface area contributed by atoms with Gasteiger partial charge in [0.2, 0.25) is 5.91 Å². The van der Waals surface area contributed by atoms with E-state index in [9.17, 15) is 9.59 Å². The summed E-state index contributed by atoms with van der Waals surface area (Å²) in [5.41, 5.74) is 2.67. The summed E-state index contributed by atoms with van der Waals surface area (Å²) in [5, 5.41) is 0. The van der Waals surface area contributed by atoms with Gasteiger partial charge in [-0.3, -0.25) is 4.79 Å². The first-order valence-electron chi connectivity index (χ1n) is 11.9. The summed E-state index contributed by atoms with van der Waals surface area (Å²) < 4.78 is 6.26. The molecule has 174 valence electrons. The largest absolute Gasteiger partial charge is 0.430 e. The van der Waals surface area contributed by atoms with Gasteiger partial charge >= 0.3 is 6.09 Å². The quantitative estimate of drug-likeness (QED) is 0.331. The lowest BCUT2D eigenvalue weighted by Crippen LogP contribution is -2.48. The zero-order chi connectivity index (χ0) is 24.1. The van der Waals surface area contributed by atoms with Crippen LogP contribution in [0, 0.1) is 0 Å². The van der Waals surface area contributed by atoms with E-state index in [0.717, 1.165) is 22.3 Å². The Morgan fingerprint density at radius 3 is 1.66 bits per heavy atom. The summed E-state index contributed by atoms with van der Waals surface area (Å²) in [6, 6.07) is 38.8. The third-order valence-corrected chi connectivity index (χ3v) is 6.64. The second-order valence-electron chi connectivity index (χ2n) is 8.79. The molecule has 0 bridgehead atoms. The fourth-order valence-corrected chi connectivity index (χ4v) is 4.97. The van der Waals surface area contributed by atoms with Crippen molar-refractivity contribution in [1.29, 1.82) is 0 Å². The Bertz CT molecular complexity index is 1230. The molecule has 1 heterocycles. The third-order valence-electron chi connectivity index (χ3n) is 6.64. The minimum absolute atomic E-state index is 0.226. The first-order chi connectivity index (χ1) is 17.2. The molecule has 1 fully saturated rings. The van der Waals surface area contributed by atoms with Gasteiger partial charge in [0.15, 0.2) is 5.60 Å². The van der Waals surface area contributed by atoms with Crippen LogP contribution in [-0.2, 0) is 28.0 Å². The van der Waals surface area contributed by atoms with Gasteiger partial charge in [-0.05, 0) is 24.0 Å². The van der Waals surface area contributed by atoms with Gasteiger partial charge in [-0.1, -0.05) is 121 Å². The smallest absolute Gasteiger partial charge is 0.418 e. The number of nitrogens with zero attached hydrogens (tertiary/aromatic N) is 1. The monoisotopic (exact) mass is 461 g/mol. The van der Waals surface area contributed by atoms with E-state index in [2.05, 4.69) is 0 Å². The lowest BCUT2D eigenvalue weighted by Gasteiger charge is -2.35. The number of imide groups is 1. The summed E-state index contributed by atoms with van der Waals surface area (Å²) in [6.07, 6.45) is 0.666. The molecule has 4 heteroatoms. The van der Waals surface area contributed by atoms with Gasteiger partial charge in [-0.25, -0.2) is 9.69 Å². The molecule has 1 aliphatic rings. The van der Waals surface area contributed by atoms with Gasteiger partial charge in [0, 0.05) is 17.5 Å². The Morgan fingerprint density at radius 1 is 0.686 bits per heavy atom. The third kappa shape index (κ3) is 4.47. The molecule has 0 radical (unpaired) electrons. The number of ether oxygens (including phenoxy) is 1. The SMILES string of the molecule is O=C(CCc1ccccc1)N1C(=O)OC(c2ccccc2)(c2ccccc2)[C@@H]1Cc1ccccc1. The zero-order valence-corrected chi connectivity index (χ0v) is 19.4. The van der Waals surface area contributed by atoms with Crippen LogP contribution in [0.1, 0.15) is 28.7 Å². The standard InChI is InChI=1S/C31H27NO3/c33-29(22-21-24-13-5-1-6-14-24)32-28(23-25-15-7-2-8-16-25)31(35-30(32)34,26-17-9-3-10-18-26)27-19-11-4-12-20-27/h1-20,28H,21-23H2/t28-/m0/s1. The van der Waals surface area contributed by atoms with Crippen molar-refractivity contribution in [2.75, 3.05) is 0 Å². The average molecular weight is 462 g/mol. The van der Waals surface area contributed by atoms with Crippen LogP contribution in [-0.4, -0.2) is 22.9 Å². The van der Waals surface area contributed by atoms with Crippen LogP contribution < -0.4 is 0 Å². The van der Waals surface area contributed by atoms with Gasteiger partial charge in [-0.15, -0.1) is 0 Å². The van der Waals surface area contributed by atoms with Crippen LogP contribution in [0.5, 0.6) is 0 Å². The lowest BCUT2D eigenvalue weighted by molar-refractivity contribution is -0.129. The Kier molecular flexibility index (Phi) is 6.44. The minimum atomic E-state index is -1.11. The van der Waals surface area contributed by atoms with E-state index in [-0.39, 0.29) is 12.3 Å².